The Morgan fingerprint density at radius 1 is 1.19 bits per heavy atom. The van der Waals surface area contributed by atoms with E-state index in [1.165, 1.54) is 12.1 Å². The number of fused-ring (bicyclic) bond motifs is 1. The zero-order chi connectivity index (χ0) is 14.6. The molecule has 0 bridgehead atoms. The van der Waals surface area contributed by atoms with Crippen molar-refractivity contribution in [2.24, 2.45) is 0 Å². The lowest BCUT2D eigenvalue weighted by Crippen LogP contribution is -1.97. The molecule has 1 heterocycles. The molecule has 1 aliphatic rings. The lowest BCUT2D eigenvalue weighted by Gasteiger charge is -2.09. The minimum atomic E-state index is -0.286. The summed E-state index contributed by atoms with van der Waals surface area (Å²) in [5.74, 6) is 0.473. The standard InChI is InChI=1S/C16H12ClFN2O/c17-9-1-6-15(21)12(7-9)16-19-13-5-2-10(18)8-14(13)20(16)11-3-4-11/h1-2,5-8,11,21H,3-4H2. The number of phenolic OH excluding ortho intramolecular Hbond substituents is 1. The molecule has 2 aromatic carbocycles. The van der Waals surface area contributed by atoms with Crippen molar-refractivity contribution in [2.75, 3.05) is 0 Å². The number of phenols is 1. The van der Waals surface area contributed by atoms with Crippen LogP contribution in [0.2, 0.25) is 5.02 Å². The first kappa shape index (κ1) is 12.7. The van der Waals surface area contributed by atoms with Crippen molar-refractivity contribution < 1.29 is 9.50 Å². The molecule has 3 aromatic rings. The summed E-state index contributed by atoms with van der Waals surface area (Å²) in [5, 5.41) is 10.6. The Hall–Kier alpha value is -2.07. The summed E-state index contributed by atoms with van der Waals surface area (Å²) in [6.07, 6.45) is 2.08. The van der Waals surface area contributed by atoms with Crippen molar-refractivity contribution in [3.63, 3.8) is 0 Å². The molecular formula is C16H12ClFN2O. The van der Waals surface area contributed by atoms with Crippen LogP contribution >= 0.6 is 11.6 Å². The number of halogens is 2. The molecule has 1 aromatic heterocycles. The summed E-state index contributed by atoms with van der Waals surface area (Å²) in [5.41, 5.74) is 2.05. The largest absolute Gasteiger partial charge is 0.507 e. The van der Waals surface area contributed by atoms with Gasteiger partial charge in [-0.15, -0.1) is 0 Å². The van der Waals surface area contributed by atoms with Gasteiger partial charge in [0.15, 0.2) is 0 Å². The zero-order valence-corrected chi connectivity index (χ0v) is 11.8. The summed E-state index contributed by atoms with van der Waals surface area (Å²) in [6, 6.07) is 9.73. The van der Waals surface area contributed by atoms with E-state index in [0.717, 1.165) is 23.9 Å². The van der Waals surface area contributed by atoms with Gasteiger partial charge in [0.05, 0.1) is 16.6 Å². The number of aromatic hydroxyl groups is 1. The molecule has 0 atom stereocenters. The van der Waals surface area contributed by atoms with Crippen molar-refractivity contribution in [3.8, 4) is 17.1 Å². The van der Waals surface area contributed by atoms with E-state index in [1.807, 2.05) is 4.57 Å². The Bertz CT molecular complexity index is 855. The molecule has 0 saturated heterocycles. The van der Waals surface area contributed by atoms with Crippen molar-refractivity contribution in [1.82, 2.24) is 9.55 Å². The molecule has 0 spiro atoms. The molecule has 4 rings (SSSR count). The third-order valence-corrected chi connectivity index (χ3v) is 4.00. The first-order valence-electron chi connectivity index (χ1n) is 6.80. The molecule has 1 saturated carbocycles. The minimum Gasteiger partial charge on any atom is -0.507 e. The quantitative estimate of drug-likeness (QED) is 0.755. The SMILES string of the molecule is Oc1ccc(Cl)cc1-c1nc2ccc(F)cc2n1C1CC1. The van der Waals surface area contributed by atoms with Crippen LogP contribution in [0.1, 0.15) is 18.9 Å². The van der Waals surface area contributed by atoms with Crippen LogP contribution in [0, 0.1) is 5.82 Å². The fraction of sp³-hybridized carbons (Fsp3) is 0.188. The Balaban J connectivity index is 2.04. The topological polar surface area (TPSA) is 38.1 Å². The molecular weight excluding hydrogens is 291 g/mol. The molecule has 1 fully saturated rings. The molecule has 106 valence electrons. The maximum atomic E-state index is 13.5. The third-order valence-electron chi connectivity index (χ3n) is 3.76. The van der Waals surface area contributed by atoms with Crippen molar-refractivity contribution in [2.45, 2.75) is 18.9 Å². The van der Waals surface area contributed by atoms with Gasteiger partial charge in [0.1, 0.15) is 17.4 Å². The van der Waals surface area contributed by atoms with Crippen LogP contribution in [-0.2, 0) is 0 Å². The van der Waals surface area contributed by atoms with Gasteiger partial charge in [0.25, 0.3) is 0 Å². The molecule has 0 unspecified atom stereocenters. The van der Waals surface area contributed by atoms with Crippen molar-refractivity contribution in [1.29, 1.82) is 0 Å². The molecule has 0 amide bonds. The van der Waals surface area contributed by atoms with Gasteiger partial charge in [-0.2, -0.15) is 0 Å². The predicted octanol–water partition coefficient (Wildman–Crippen LogP) is 4.54. The predicted molar refractivity (Wildman–Crippen MR) is 80.1 cm³/mol. The molecule has 1 aliphatic carbocycles. The van der Waals surface area contributed by atoms with Gasteiger partial charge < -0.3 is 9.67 Å². The summed E-state index contributed by atoms with van der Waals surface area (Å²) in [7, 11) is 0. The number of benzene rings is 2. The smallest absolute Gasteiger partial charge is 0.145 e. The average Bonchev–Trinajstić information content (AvgIpc) is 3.22. The number of hydrogen-bond donors (Lipinski definition) is 1. The Morgan fingerprint density at radius 3 is 2.76 bits per heavy atom. The van der Waals surface area contributed by atoms with Gasteiger partial charge in [-0.25, -0.2) is 9.37 Å². The highest BCUT2D eigenvalue weighted by molar-refractivity contribution is 6.30. The van der Waals surface area contributed by atoms with E-state index in [4.69, 9.17) is 11.6 Å². The van der Waals surface area contributed by atoms with Crippen LogP contribution in [0.5, 0.6) is 5.75 Å². The first-order valence-corrected chi connectivity index (χ1v) is 7.17. The number of aromatic nitrogens is 2. The lowest BCUT2D eigenvalue weighted by atomic mass is 10.2. The number of hydrogen-bond acceptors (Lipinski definition) is 2. The highest BCUT2D eigenvalue weighted by Gasteiger charge is 2.29. The maximum absolute atomic E-state index is 13.5. The van der Waals surface area contributed by atoms with Crippen LogP contribution in [0.3, 0.4) is 0 Å². The van der Waals surface area contributed by atoms with E-state index in [0.29, 0.717) is 22.5 Å². The molecule has 21 heavy (non-hydrogen) atoms. The van der Waals surface area contributed by atoms with Crippen molar-refractivity contribution in [3.05, 3.63) is 47.2 Å². The fourth-order valence-electron chi connectivity index (χ4n) is 2.65. The normalized spacial score (nSPS) is 14.8. The molecule has 3 nitrogen and oxygen atoms in total. The molecule has 0 radical (unpaired) electrons. The van der Waals surface area contributed by atoms with Crippen LogP contribution in [0.4, 0.5) is 4.39 Å². The Kier molecular flexibility index (Phi) is 2.69. The summed E-state index contributed by atoms with van der Waals surface area (Å²) >= 11 is 6.03. The second-order valence-corrected chi connectivity index (χ2v) is 5.77. The maximum Gasteiger partial charge on any atom is 0.145 e. The van der Waals surface area contributed by atoms with E-state index in [-0.39, 0.29) is 11.6 Å². The third kappa shape index (κ3) is 2.07. The van der Waals surface area contributed by atoms with Crippen LogP contribution in [0.15, 0.2) is 36.4 Å². The van der Waals surface area contributed by atoms with E-state index in [1.54, 1.807) is 24.3 Å². The molecule has 1 N–H and O–H groups in total. The van der Waals surface area contributed by atoms with E-state index >= 15 is 0 Å². The minimum absolute atomic E-state index is 0.122. The summed E-state index contributed by atoms with van der Waals surface area (Å²) in [6.45, 7) is 0. The highest BCUT2D eigenvalue weighted by atomic mass is 35.5. The van der Waals surface area contributed by atoms with Gasteiger partial charge in [0.2, 0.25) is 0 Å². The molecule has 5 heteroatoms. The van der Waals surface area contributed by atoms with E-state index in [9.17, 15) is 9.50 Å². The Morgan fingerprint density at radius 2 is 2.00 bits per heavy atom. The van der Waals surface area contributed by atoms with E-state index in [2.05, 4.69) is 4.98 Å². The van der Waals surface area contributed by atoms with Gasteiger partial charge in [0, 0.05) is 11.1 Å². The Labute approximate surface area is 125 Å². The summed E-state index contributed by atoms with van der Waals surface area (Å²) in [4.78, 5) is 4.56. The van der Waals surface area contributed by atoms with Gasteiger partial charge in [-0.05, 0) is 49.2 Å². The number of imidazole rings is 1. The second kappa shape index (κ2) is 4.46. The number of nitrogens with zero attached hydrogens (tertiary/aromatic N) is 2. The average molecular weight is 303 g/mol. The van der Waals surface area contributed by atoms with Crippen LogP contribution in [-0.4, -0.2) is 14.7 Å². The lowest BCUT2D eigenvalue weighted by molar-refractivity contribution is 0.476. The zero-order valence-electron chi connectivity index (χ0n) is 11.1. The molecule has 0 aliphatic heterocycles. The first-order chi connectivity index (χ1) is 10.1. The monoisotopic (exact) mass is 302 g/mol. The second-order valence-electron chi connectivity index (χ2n) is 5.33. The van der Waals surface area contributed by atoms with Crippen molar-refractivity contribution >= 4 is 22.6 Å². The van der Waals surface area contributed by atoms with Gasteiger partial charge >= 0.3 is 0 Å². The van der Waals surface area contributed by atoms with Crippen LogP contribution < -0.4 is 0 Å². The highest BCUT2D eigenvalue weighted by Crippen LogP contribution is 2.43. The van der Waals surface area contributed by atoms with Gasteiger partial charge in [-0.1, -0.05) is 11.6 Å². The number of rotatable bonds is 2. The van der Waals surface area contributed by atoms with Gasteiger partial charge in [-0.3, -0.25) is 0 Å². The summed E-state index contributed by atoms with van der Waals surface area (Å²) < 4.78 is 15.5. The van der Waals surface area contributed by atoms with E-state index < -0.39 is 0 Å². The fourth-order valence-corrected chi connectivity index (χ4v) is 2.82. The van der Waals surface area contributed by atoms with Crippen LogP contribution in [0.25, 0.3) is 22.4 Å².